The first kappa shape index (κ1) is 12.7. The van der Waals surface area contributed by atoms with Crippen LogP contribution in [0.15, 0.2) is 50.4 Å². The Morgan fingerprint density at radius 2 is 1.64 bits per heavy atom. The molecule has 0 aliphatic heterocycles. The number of nitrogens with one attached hydrogen (secondary N) is 1. The lowest BCUT2D eigenvalue weighted by Crippen LogP contribution is -2.13. The molecule has 22 heavy (non-hydrogen) atoms. The Morgan fingerprint density at radius 3 is 2.45 bits per heavy atom. The van der Waals surface area contributed by atoms with Gasteiger partial charge < -0.3 is 9.40 Å². The van der Waals surface area contributed by atoms with Crippen LogP contribution in [0.2, 0.25) is 0 Å². The molecule has 0 unspecified atom stereocenters. The SMILES string of the molecule is O=c1oc2ccccc2c2c(=O)[nH]c3cc(F)c(F)cc3c12. The van der Waals surface area contributed by atoms with E-state index >= 15 is 0 Å². The van der Waals surface area contributed by atoms with Crippen molar-refractivity contribution in [2.24, 2.45) is 0 Å². The first-order chi connectivity index (χ1) is 10.6. The van der Waals surface area contributed by atoms with Crippen molar-refractivity contribution < 1.29 is 13.2 Å². The molecule has 0 bridgehead atoms. The van der Waals surface area contributed by atoms with Gasteiger partial charge >= 0.3 is 5.63 Å². The van der Waals surface area contributed by atoms with Gasteiger partial charge in [-0.1, -0.05) is 18.2 Å². The van der Waals surface area contributed by atoms with E-state index in [-0.39, 0.29) is 27.3 Å². The number of para-hydroxylation sites is 1. The smallest absolute Gasteiger partial charge is 0.345 e. The van der Waals surface area contributed by atoms with Gasteiger partial charge in [0.1, 0.15) is 5.58 Å². The van der Waals surface area contributed by atoms with Gasteiger partial charge in [-0.15, -0.1) is 0 Å². The molecule has 0 aliphatic rings. The highest BCUT2D eigenvalue weighted by Crippen LogP contribution is 2.26. The zero-order valence-corrected chi connectivity index (χ0v) is 10.9. The van der Waals surface area contributed by atoms with Crippen molar-refractivity contribution in [2.75, 3.05) is 0 Å². The van der Waals surface area contributed by atoms with Crippen LogP contribution in [0.1, 0.15) is 0 Å². The van der Waals surface area contributed by atoms with Crippen LogP contribution in [0.3, 0.4) is 0 Å². The lowest BCUT2D eigenvalue weighted by atomic mass is 10.0. The summed E-state index contributed by atoms with van der Waals surface area (Å²) in [6, 6.07) is 8.28. The molecule has 1 N–H and O–H groups in total. The first-order valence-corrected chi connectivity index (χ1v) is 6.43. The predicted molar refractivity (Wildman–Crippen MR) is 78.0 cm³/mol. The summed E-state index contributed by atoms with van der Waals surface area (Å²) in [5.41, 5.74) is -1.03. The van der Waals surface area contributed by atoms with E-state index in [4.69, 9.17) is 4.42 Å². The number of aromatic amines is 1. The van der Waals surface area contributed by atoms with Crippen molar-refractivity contribution in [2.45, 2.75) is 0 Å². The minimum Gasteiger partial charge on any atom is -0.422 e. The number of pyridine rings is 1. The maximum absolute atomic E-state index is 13.5. The summed E-state index contributed by atoms with van der Waals surface area (Å²) in [4.78, 5) is 27.0. The van der Waals surface area contributed by atoms with Crippen LogP contribution >= 0.6 is 0 Å². The Morgan fingerprint density at radius 1 is 0.909 bits per heavy atom. The van der Waals surface area contributed by atoms with Crippen molar-refractivity contribution in [1.29, 1.82) is 0 Å². The summed E-state index contributed by atoms with van der Waals surface area (Å²) in [5.74, 6) is -2.21. The largest absolute Gasteiger partial charge is 0.422 e. The van der Waals surface area contributed by atoms with E-state index in [1.807, 2.05) is 0 Å². The van der Waals surface area contributed by atoms with Gasteiger partial charge in [0, 0.05) is 16.8 Å². The highest BCUT2D eigenvalue weighted by atomic mass is 19.2. The molecule has 0 saturated heterocycles. The second kappa shape index (κ2) is 4.24. The van der Waals surface area contributed by atoms with Gasteiger partial charge in [0.25, 0.3) is 5.56 Å². The lowest BCUT2D eigenvalue weighted by Gasteiger charge is -2.06. The topological polar surface area (TPSA) is 63.1 Å². The van der Waals surface area contributed by atoms with Crippen LogP contribution in [0, 0.1) is 11.6 Å². The quantitative estimate of drug-likeness (QED) is 0.401. The molecular formula is C16H7F2NO3. The Labute approximate surface area is 120 Å². The van der Waals surface area contributed by atoms with E-state index in [0.29, 0.717) is 5.39 Å². The second-order valence-corrected chi connectivity index (χ2v) is 4.90. The molecule has 2 aromatic carbocycles. The average Bonchev–Trinajstić information content (AvgIpc) is 2.49. The second-order valence-electron chi connectivity index (χ2n) is 4.90. The van der Waals surface area contributed by atoms with Gasteiger partial charge in [0.2, 0.25) is 0 Å². The molecule has 2 aromatic heterocycles. The Kier molecular flexibility index (Phi) is 2.45. The molecular weight excluding hydrogens is 292 g/mol. The van der Waals surface area contributed by atoms with Crippen molar-refractivity contribution >= 4 is 32.6 Å². The van der Waals surface area contributed by atoms with Gasteiger partial charge in [0.05, 0.1) is 16.3 Å². The fourth-order valence-corrected chi connectivity index (χ4v) is 2.67. The number of H-pyrrole nitrogens is 1. The van der Waals surface area contributed by atoms with Crippen LogP contribution in [0.25, 0.3) is 32.6 Å². The van der Waals surface area contributed by atoms with Crippen LogP contribution < -0.4 is 11.2 Å². The molecule has 0 atom stereocenters. The van der Waals surface area contributed by atoms with Gasteiger partial charge in [-0.3, -0.25) is 4.79 Å². The van der Waals surface area contributed by atoms with Crippen LogP contribution in [-0.2, 0) is 0 Å². The van der Waals surface area contributed by atoms with Crippen molar-refractivity contribution in [3.05, 3.63) is 68.8 Å². The predicted octanol–water partition coefficient (Wildman–Crippen LogP) is 3.07. The third-order valence-electron chi connectivity index (χ3n) is 3.62. The lowest BCUT2D eigenvalue weighted by molar-refractivity contribution is 0.510. The fraction of sp³-hybridized carbons (Fsp3) is 0. The van der Waals surface area contributed by atoms with E-state index in [1.54, 1.807) is 24.3 Å². The van der Waals surface area contributed by atoms with Crippen molar-refractivity contribution in [3.63, 3.8) is 0 Å². The van der Waals surface area contributed by atoms with Crippen LogP contribution in [0.4, 0.5) is 8.78 Å². The first-order valence-electron chi connectivity index (χ1n) is 6.43. The third-order valence-corrected chi connectivity index (χ3v) is 3.62. The highest BCUT2D eigenvalue weighted by Gasteiger charge is 2.16. The van der Waals surface area contributed by atoms with E-state index in [9.17, 15) is 18.4 Å². The fourth-order valence-electron chi connectivity index (χ4n) is 2.67. The van der Waals surface area contributed by atoms with Crippen molar-refractivity contribution in [1.82, 2.24) is 4.98 Å². The summed E-state index contributed by atoms with van der Waals surface area (Å²) in [6.45, 7) is 0. The Bertz CT molecular complexity index is 1190. The number of rotatable bonds is 0. The number of fused-ring (bicyclic) bond motifs is 5. The van der Waals surface area contributed by atoms with E-state index in [2.05, 4.69) is 4.98 Å². The van der Waals surface area contributed by atoms with E-state index in [1.165, 1.54) is 0 Å². The number of benzene rings is 2. The van der Waals surface area contributed by atoms with Crippen LogP contribution in [0.5, 0.6) is 0 Å². The van der Waals surface area contributed by atoms with Gasteiger partial charge in [0.15, 0.2) is 11.6 Å². The third kappa shape index (κ3) is 1.60. The minimum absolute atomic E-state index is 0.0407. The minimum atomic E-state index is -1.10. The molecule has 108 valence electrons. The van der Waals surface area contributed by atoms with Crippen LogP contribution in [-0.4, -0.2) is 4.98 Å². The maximum atomic E-state index is 13.5. The standard InChI is InChI=1S/C16H7F2NO3/c17-9-5-8-11(6-10(9)18)19-15(20)13-7-3-1-2-4-12(7)22-16(21)14(8)13/h1-6H,(H,19,20). The van der Waals surface area contributed by atoms with E-state index < -0.39 is 22.8 Å². The summed E-state index contributed by atoms with van der Waals surface area (Å²) in [6.07, 6.45) is 0. The zero-order valence-electron chi connectivity index (χ0n) is 10.9. The van der Waals surface area contributed by atoms with Gasteiger partial charge in [-0.05, 0) is 12.1 Å². The Hall–Kier alpha value is -3.02. The molecule has 0 aliphatic carbocycles. The molecule has 2 heterocycles. The molecule has 0 saturated carbocycles. The summed E-state index contributed by atoms with van der Waals surface area (Å²) in [7, 11) is 0. The number of aromatic nitrogens is 1. The summed E-state index contributed by atoms with van der Waals surface area (Å²) >= 11 is 0. The molecule has 0 fully saturated rings. The molecule has 0 spiro atoms. The highest BCUT2D eigenvalue weighted by molar-refractivity contribution is 6.13. The maximum Gasteiger partial charge on any atom is 0.345 e. The Balaban J connectivity index is 2.42. The number of hydrogen-bond donors (Lipinski definition) is 1. The monoisotopic (exact) mass is 299 g/mol. The van der Waals surface area contributed by atoms with Crippen molar-refractivity contribution in [3.8, 4) is 0 Å². The zero-order chi connectivity index (χ0) is 15.4. The molecule has 4 rings (SSSR count). The normalized spacial score (nSPS) is 11.5. The van der Waals surface area contributed by atoms with E-state index in [0.717, 1.165) is 12.1 Å². The molecule has 0 amide bonds. The summed E-state index contributed by atoms with van der Waals surface area (Å²) < 4.78 is 32.0. The number of halogens is 2. The molecule has 4 aromatic rings. The molecule has 6 heteroatoms. The average molecular weight is 299 g/mol. The number of hydrogen-bond acceptors (Lipinski definition) is 3. The molecule has 4 nitrogen and oxygen atoms in total. The van der Waals surface area contributed by atoms with Gasteiger partial charge in [-0.25, -0.2) is 13.6 Å². The molecule has 0 radical (unpaired) electrons. The van der Waals surface area contributed by atoms with Gasteiger partial charge in [-0.2, -0.15) is 0 Å². The summed E-state index contributed by atoms with van der Waals surface area (Å²) in [5, 5.41) is 0.583.